The van der Waals surface area contributed by atoms with Gasteiger partial charge in [-0.15, -0.1) is 0 Å². The second kappa shape index (κ2) is 6.78. The van der Waals surface area contributed by atoms with Gasteiger partial charge in [0.2, 0.25) is 6.10 Å². The van der Waals surface area contributed by atoms with Gasteiger partial charge in [-0.2, -0.15) is 5.10 Å². The summed E-state index contributed by atoms with van der Waals surface area (Å²) in [5.74, 6) is 0.654. The number of nitro groups is 1. The van der Waals surface area contributed by atoms with Crippen LogP contribution in [-0.2, 0) is 4.79 Å². The molecule has 1 aliphatic heterocycles. The van der Waals surface area contributed by atoms with Gasteiger partial charge in [-0.1, -0.05) is 12.1 Å². The number of hydrogen-bond donors (Lipinski definition) is 1. The fourth-order valence-electron chi connectivity index (χ4n) is 2.07. The van der Waals surface area contributed by atoms with Gasteiger partial charge in [-0.3, -0.25) is 14.9 Å². The first kappa shape index (κ1) is 15.5. The van der Waals surface area contributed by atoms with Crippen molar-refractivity contribution in [3.05, 3.63) is 64.2 Å². The maximum Gasteiger partial charge on any atom is 0.284 e. The monoisotopic (exact) mass is 327 g/mol. The molecule has 2 aromatic rings. The third-order valence-corrected chi connectivity index (χ3v) is 3.29. The molecular weight excluding hydrogens is 314 g/mol. The van der Waals surface area contributed by atoms with Crippen LogP contribution in [0.3, 0.4) is 0 Å². The fraction of sp³-hybridized carbons (Fsp3) is 0.125. The van der Waals surface area contributed by atoms with Crippen molar-refractivity contribution < 1.29 is 19.2 Å². The molecule has 0 radical (unpaired) electrons. The lowest BCUT2D eigenvalue weighted by atomic mass is 10.2. The van der Waals surface area contributed by atoms with E-state index in [9.17, 15) is 14.9 Å². The number of nitrogens with zero attached hydrogens (tertiary/aromatic N) is 2. The maximum atomic E-state index is 12.0. The Balaban J connectivity index is 1.57. The first-order valence-corrected chi connectivity index (χ1v) is 7.09. The van der Waals surface area contributed by atoms with Gasteiger partial charge in [-0.25, -0.2) is 5.43 Å². The molecule has 1 atom stereocenters. The molecule has 0 fully saturated rings. The Labute approximate surface area is 136 Å². The van der Waals surface area contributed by atoms with Crippen LogP contribution in [0.2, 0.25) is 0 Å². The molecule has 3 rings (SSSR count). The highest BCUT2D eigenvalue weighted by atomic mass is 16.6. The van der Waals surface area contributed by atoms with Crippen LogP contribution in [0.5, 0.6) is 11.5 Å². The fourth-order valence-corrected chi connectivity index (χ4v) is 2.07. The number of amides is 1. The molecule has 1 heterocycles. The van der Waals surface area contributed by atoms with Crippen LogP contribution in [-0.4, -0.2) is 29.8 Å². The Kier molecular flexibility index (Phi) is 4.37. The summed E-state index contributed by atoms with van der Waals surface area (Å²) >= 11 is 0. The van der Waals surface area contributed by atoms with Gasteiger partial charge in [0.15, 0.2) is 11.5 Å². The maximum absolute atomic E-state index is 12.0. The van der Waals surface area contributed by atoms with E-state index in [0.717, 1.165) is 0 Å². The number of para-hydroxylation sites is 2. The van der Waals surface area contributed by atoms with E-state index in [-0.39, 0.29) is 12.3 Å². The molecule has 0 unspecified atom stereocenters. The smallest absolute Gasteiger partial charge is 0.284 e. The molecular formula is C16H13N3O5. The van der Waals surface area contributed by atoms with Gasteiger partial charge in [0.05, 0.1) is 11.1 Å². The Morgan fingerprint density at radius 3 is 2.62 bits per heavy atom. The topological polar surface area (TPSA) is 103 Å². The highest BCUT2D eigenvalue weighted by molar-refractivity contribution is 5.85. The number of hydrazone groups is 1. The second-order valence-corrected chi connectivity index (χ2v) is 4.95. The van der Waals surface area contributed by atoms with Crippen LogP contribution < -0.4 is 14.9 Å². The predicted molar refractivity (Wildman–Crippen MR) is 85.2 cm³/mol. The first-order valence-electron chi connectivity index (χ1n) is 7.09. The summed E-state index contributed by atoms with van der Waals surface area (Å²) in [5, 5.41) is 14.4. The largest absolute Gasteiger partial charge is 0.485 e. The Bertz CT molecular complexity index is 789. The molecule has 0 saturated carbocycles. The average molecular weight is 327 g/mol. The van der Waals surface area contributed by atoms with Crippen molar-refractivity contribution in [2.75, 3.05) is 6.61 Å². The molecule has 0 spiro atoms. The Morgan fingerprint density at radius 1 is 1.21 bits per heavy atom. The van der Waals surface area contributed by atoms with Gasteiger partial charge in [0.1, 0.15) is 6.61 Å². The zero-order valence-electron chi connectivity index (χ0n) is 12.4. The zero-order chi connectivity index (χ0) is 16.9. The van der Waals surface area contributed by atoms with Gasteiger partial charge in [0, 0.05) is 12.1 Å². The number of nitro benzene ring substituents is 1. The van der Waals surface area contributed by atoms with E-state index in [1.807, 2.05) is 6.07 Å². The van der Waals surface area contributed by atoms with Crippen LogP contribution in [0, 0.1) is 10.1 Å². The zero-order valence-corrected chi connectivity index (χ0v) is 12.4. The summed E-state index contributed by atoms with van der Waals surface area (Å²) in [6.07, 6.45) is 0.591. The number of non-ortho nitro benzene ring substituents is 1. The van der Waals surface area contributed by atoms with Crippen molar-refractivity contribution >= 4 is 17.8 Å². The van der Waals surface area contributed by atoms with Gasteiger partial charge >= 0.3 is 0 Å². The van der Waals surface area contributed by atoms with Crippen molar-refractivity contribution in [1.29, 1.82) is 0 Å². The molecule has 1 amide bonds. The third-order valence-electron chi connectivity index (χ3n) is 3.29. The number of ether oxygens (including phenoxy) is 2. The average Bonchev–Trinajstić information content (AvgIpc) is 2.61. The van der Waals surface area contributed by atoms with Gasteiger partial charge in [-0.05, 0) is 29.8 Å². The lowest BCUT2D eigenvalue weighted by molar-refractivity contribution is -0.384. The van der Waals surface area contributed by atoms with Crippen molar-refractivity contribution in [1.82, 2.24) is 5.43 Å². The van der Waals surface area contributed by atoms with Crippen LogP contribution in [0.15, 0.2) is 53.6 Å². The van der Waals surface area contributed by atoms with E-state index >= 15 is 0 Å². The molecule has 0 aromatic heterocycles. The van der Waals surface area contributed by atoms with E-state index in [0.29, 0.717) is 17.1 Å². The number of hydrogen-bond acceptors (Lipinski definition) is 6. The van der Waals surface area contributed by atoms with E-state index in [4.69, 9.17) is 9.47 Å². The van der Waals surface area contributed by atoms with E-state index < -0.39 is 16.9 Å². The molecule has 0 aliphatic carbocycles. The molecule has 24 heavy (non-hydrogen) atoms. The summed E-state index contributed by atoms with van der Waals surface area (Å²) in [6.45, 7) is 0.0932. The lowest BCUT2D eigenvalue weighted by Gasteiger charge is -2.24. The van der Waals surface area contributed by atoms with Crippen molar-refractivity contribution in [2.24, 2.45) is 5.10 Å². The number of carbonyl (C=O) groups excluding carboxylic acids is 1. The number of nitrogens with one attached hydrogen (secondary N) is 1. The molecule has 2 aromatic carbocycles. The minimum Gasteiger partial charge on any atom is -0.485 e. The van der Waals surface area contributed by atoms with Crippen molar-refractivity contribution in [3.63, 3.8) is 0 Å². The molecule has 0 bridgehead atoms. The van der Waals surface area contributed by atoms with Crippen molar-refractivity contribution in [3.8, 4) is 11.5 Å². The summed E-state index contributed by atoms with van der Waals surface area (Å²) in [6, 6.07) is 12.9. The van der Waals surface area contributed by atoms with Crippen LogP contribution in [0.4, 0.5) is 5.69 Å². The minimum absolute atomic E-state index is 0.0115. The summed E-state index contributed by atoms with van der Waals surface area (Å²) in [4.78, 5) is 22.1. The van der Waals surface area contributed by atoms with Crippen LogP contribution in [0.1, 0.15) is 5.56 Å². The summed E-state index contributed by atoms with van der Waals surface area (Å²) in [7, 11) is 0. The molecule has 0 saturated heterocycles. The normalized spacial score (nSPS) is 15.9. The molecule has 122 valence electrons. The molecule has 1 aliphatic rings. The van der Waals surface area contributed by atoms with Gasteiger partial charge < -0.3 is 9.47 Å². The molecule has 8 heteroatoms. The lowest BCUT2D eigenvalue weighted by Crippen LogP contribution is -2.42. The van der Waals surface area contributed by atoms with Gasteiger partial charge in [0.25, 0.3) is 11.6 Å². The number of carbonyl (C=O) groups is 1. The quantitative estimate of drug-likeness (QED) is 0.525. The summed E-state index contributed by atoms with van der Waals surface area (Å²) in [5.41, 5.74) is 2.97. The Morgan fingerprint density at radius 2 is 1.92 bits per heavy atom. The highest BCUT2D eigenvalue weighted by Crippen LogP contribution is 2.30. The van der Waals surface area contributed by atoms with Crippen LogP contribution >= 0.6 is 0 Å². The first-order chi connectivity index (χ1) is 11.6. The minimum atomic E-state index is -0.797. The van der Waals surface area contributed by atoms with Crippen LogP contribution in [0.25, 0.3) is 0 Å². The van der Waals surface area contributed by atoms with E-state index in [1.165, 1.54) is 30.5 Å². The van der Waals surface area contributed by atoms with E-state index in [1.54, 1.807) is 18.2 Å². The SMILES string of the molecule is O=C(NN=Cc1ccc([N+](=O)[O-])cc1)[C@@H]1COc2ccccc2O1. The number of benzene rings is 2. The molecule has 1 N–H and O–H groups in total. The highest BCUT2D eigenvalue weighted by Gasteiger charge is 2.26. The third kappa shape index (κ3) is 3.49. The Hall–Kier alpha value is -3.42. The van der Waals surface area contributed by atoms with E-state index in [2.05, 4.69) is 10.5 Å². The number of rotatable bonds is 4. The number of fused-ring (bicyclic) bond motifs is 1. The van der Waals surface area contributed by atoms with Crippen molar-refractivity contribution in [2.45, 2.75) is 6.10 Å². The second-order valence-electron chi connectivity index (χ2n) is 4.95. The molecule has 8 nitrogen and oxygen atoms in total. The predicted octanol–water partition coefficient (Wildman–Crippen LogP) is 1.88. The standard InChI is InChI=1S/C16H13N3O5/c20-16(15-10-23-13-3-1-2-4-14(13)24-15)18-17-9-11-5-7-12(8-6-11)19(21)22/h1-9,15H,10H2,(H,18,20)/t15-/m0/s1. The summed E-state index contributed by atoms with van der Waals surface area (Å²) < 4.78 is 11.0.